The summed E-state index contributed by atoms with van der Waals surface area (Å²) >= 11 is 1.39. The molecule has 0 amide bonds. The Kier molecular flexibility index (Phi) is 8.61. The maximum Gasteiger partial charge on any atom is 0.195 e. The zero-order valence-electron chi connectivity index (χ0n) is 12.4. The van der Waals surface area contributed by atoms with Crippen LogP contribution in [-0.2, 0) is 4.79 Å². The Balaban J connectivity index is 4.88. The topological polar surface area (TPSA) is 48.3 Å². The standard InChI is InChI=1S/C13H22N4OS/c1-11(15-9-14-10-17(4)5)13(19-6)12(18)7-8-16(2)3/h7-10H,1-6H3/b8-7+,13-11-,14-10?,15-9?. The lowest BCUT2D eigenvalue weighted by molar-refractivity contribution is -0.110. The molecule has 19 heavy (non-hydrogen) atoms. The highest BCUT2D eigenvalue weighted by molar-refractivity contribution is 8.03. The van der Waals surface area contributed by atoms with Crippen molar-refractivity contribution in [3.63, 3.8) is 0 Å². The molecule has 0 heterocycles. The Hall–Kier alpha value is -1.56. The number of hydrogen-bond acceptors (Lipinski definition) is 4. The van der Waals surface area contributed by atoms with Crippen molar-refractivity contribution in [2.75, 3.05) is 34.4 Å². The van der Waals surface area contributed by atoms with Gasteiger partial charge in [0.05, 0.1) is 16.9 Å². The first kappa shape index (κ1) is 17.4. The van der Waals surface area contributed by atoms with Crippen LogP contribution in [0.15, 0.2) is 32.9 Å². The molecule has 0 fully saturated rings. The van der Waals surface area contributed by atoms with Crippen LogP contribution in [0.1, 0.15) is 6.92 Å². The van der Waals surface area contributed by atoms with Gasteiger partial charge in [-0.1, -0.05) is 0 Å². The predicted octanol–water partition coefficient (Wildman–Crippen LogP) is 1.84. The Labute approximate surface area is 119 Å². The molecule has 0 rings (SSSR count). The lowest BCUT2D eigenvalue weighted by atomic mass is 10.3. The molecule has 0 unspecified atom stereocenters. The van der Waals surface area contributed by atoms with Gasteiger partial charge in [-0.25, -0.2) is 9.98 Å². The van der Waals surface area contributed by atoms with Crippen molar-refractivity contribution >= 4 is 30.2 Å². The molecule has 0 aliphatic rings. The molecule has 0 N–H and O–H groups in total. The molecule has 0 aliphatic heterocycles. The van der Waals surface area contributed by atoms with Gasteiger partial charge in [-0.3, -0.25) is 4.79 Å². The number of allylic oxidation sites excluding steroid dienone is 3. The van der Waals surface area contributed by atoms with Crippen LogP contribution in [0.4, 0.5) is 0 Å². The Morgan fingerprint density at radius 2 is 1.79 bits per heavy atom. The van der Waals surface area contributed by atoms with Crippen LogP contribution in [0.25, 0.3) is 0 Å². The van der Waals surface area contributed by atoms with Crippen molar-refractivity contribution < 1.29 is 4.79 Å². The van der Waals surface area contributed by atoms with Gasteiger partial charge in [0.2, 0.25) is 0 Å². The van der Waals surface area contributed by atoms with Gasteiger partial charge in [-0.15, -0.1) is 11.8 Å². The lowest BCUT2D eigenvalue weighted by Crippen LogP contribution is -2.07. The molecule has 106 valence electrons. The number of carbonyl (C=O) groups is 1. The van der Waals surface area contributed by atoms with Gasteiger partial charge in [0.15, 0.2) is 5.78 Å². The van der Waals surface area contributed by atoms with Crippen molar-refractivity contribution in [3.8, 4) is 0 Å². The molecule has 0 saturated carbocycles. The molecular weight excluding hydrogens is 260 g/mol. The number of rotatable bonds is 7. The van der Waals surface area contributed by atoms with Crippen LogP contribution in [0.3, 0.4) is 0 Å². The molecule has 0 spiro atoms. The average molecular weight is 282 g/mol. The van der Waals surface area contributed by atoms with E-state index in [2.05, 4.69) is 9.98 Å². The summed E-state index contributed by atoms with van der Waals surface area (Å²) in [5, 5.41) is 0. The summed E-state index contributed by atoms with van der Waals surface area (Å²) in [5.41, 5.74) is 0.664. The third-order valence-corrected chi connectivity index (χ3v) is 2.80. The Morgan fingerprint density at radius 1 is 1.16 bits per heavy atom. The maximum absolute atomic E-state index is 11.9. The number of aliphatic imine (C=N–C) groups is 2. The predicted molar refractivity (Wildman–Crippen MR) is 84.7 cm³/mol. The summed E-state index contributed by atoms with van der Waals surface area (Å²) < 4.78 is 0. The van der Waals surface area contributed by atoms with Crippen molar-refractivity contribution in [2.24, 2.45) is 9.98 Å². The molecule has 0 bridgehead atoms. The minimum Gasteiger partial charge on any atom is -0.383 e. The van der Waals surface area contributed by atoms with E-state index in [4.69, 9.17) is 0 Å². The molecule has 0 radical (unpaired) electrons. The van der Waals surface area contributed by atoms with Crippen LogP contribution in [-0.4, -0.2) is 62.7 Å². The molecule has 0 aliphatic carbocycles. The number of carbonyl (C=O) groups excluding carboxylic acids is 1. The van der Waals surface area contributed by atoms with E-state index >= 15 is 0 Å². The normalized spacial score (nSPS) is 13.4. The van der Waals surface area contributed by atoms with Crippen molar-refractivity contribution in [1.82, 2.24) is 9.80 Å². The number of thioether (sulfide) groups is 1. The molecule has 0 aromatic rings. The zero-order valence-corrected chi connectivity index (χ0v) is 13.2. The van der Waals surface area contributed by atoms with Crippen molar-refractivity contribution in [2.45, 2.75) is 6.92 Å². The molecule has 0 aromatic carbocycles. The van der Waals surface area contributed by atoms with Crippen LogP contribution < -0.4 is 0 Å². The minimum absolute atomic E-state index is 0.0487. The van der Waals surface area contributed by atoms with Crippen LogP contribution in [0.5, 0.6) is 0 Å². The first-order valence-electron chi connectivity index (χ1n) is 5.74. The molecular formula is C13H22N4OS. The first-order valence-corrected chi connectivity index (χ1v) is 6.97. The smallest absolute Gasteiger partial charge is 0.195 e. The molecule has 0 atom stereocenters. The van der Waals surface area contributed by atoms with E-state index in [1.54, 1.807) is 19.5 Å². The number of hydrogen-bond donors (Lipinski definition) is 0. The van der Waals surface area contributed by atoms with Crippen LogP contribution in [0.2, 0.25) is 0 Å². The molecule has 5 nitrogen and oxygen atoms in total. The highest BCUT2D eigenvalue weighted by Gasteiger charge is 2.08. The fourth-order valence-electron chi connectivity index (χ4n) is 1.06. The fourth-order valence-corrected chi connectivity index (χ4v) is 1.68. The highest BCUT2D eigenvalue weighted by atomic mass is 32.2. The third-order valence-electron chi connectivity index (χ3n) is 1.90. The van der Waals surface area contributed by atoms with E-state index in [1.165, 1.54) is 24.2 Å². The van der Waals surface area contributed by atoms with Gasteiger partial charge in [-0.2, -0.15) is 0 Å². The van der Waals surface area contributed by atoms with Gasteiger partial charge in [0.25, 0.3) is 0 Å². The molecule has 6 heteroatoms. The van der Waals surface area contributed by atoms with E-state index < -0.39 is 0 Å². The van der Waals surface area contributed by atoms with E-state index in [0.29, 0.717) is 10.6 Å². The SMILES string of the molecule is CS/C(C(=O)/C=C/N(C)C)=C(/C)N=CN=CN(C)C. The van der Waals surface area contributed by atoms with E-state index in [0.717, 1.165) is 0 Å². The van der Waals surface area contributed by atoms with Crippen molar-refractivity contribution in [1.29, 1.82) is 0 Å². The van der Waals surface area contributed by atoms with Gasteiger partial charge < -0.3 is 9.80 Å². The Morgan fingerprint density at radius 3 is 2.26 bits per heavy atom. The molecule has 0 aromatic heterocycles. The van der Waals surface area contributed by atoms with Crippen LogP contribution in [0, 0.1) is 0 Å². The summed E-state index contributed by atoms with van der Waals surface area (Å²) in [4.78, 5) is 24.3. The maximum atomic E-state index is 11.9. The van der Waals surface area contributed by atoms with Gasteiger partial charge in [0.1, 0.15) is 6.34 Å². The largest absolute Gasteiger partial charge is 0.383 e. The Bertz CT molecular complexity index is 409. The summed E-state index contributed by atoms with van der Waals surface area (Å²) in [7, 11) is 7.49. The van der Waals surface area contributed by atoms with Gasteiger partial charge >= 0.3 is 0 Å². The molecule has 0 saturated heterocycles. The summed E-state index contributed by atoms with van der Waals surface area (Å²) in [6, 6.07) is 0. The lowest BCUT2D eigenvalue weighted by Gasteiger charge is -2.05. The third kappa shape index (κ3) is 8.20. The fraction of sp³-hybridized carbons (Fsp3) is 0.462. The monoisotopic (exact) mass is 282 g/mol. The quantitative estimate of drug-likeness (QED) is 0.406. The second kappa shape index (κ2) is 9.38. The minimum atomic E-state index is -0.0487. The summed E-state index contributed by atoms with van der Waals surface area (Å²) in [6.45, 7) is 1.80. The summed E-state index contributed by atoms with van der Waals surface area (Å²) in [6.07, 6.45) is 8.20. The average Bonchev–Trinajstić information content (AvgIpc) is 2.32. The van der Waals surface area contributed by atoms with E-state index in [1.807, 2.05) is 44.2 Å². The van der Waals surface area contributed by atoms with Gasteiger partial charge in [-0.05, 0) is 13.2 Å². The van der Waals surface area contributed by atoms with Gasteiger partial charge in [0, 0.05) is 40.5 Å². The van der Waals surface area contributed by atoms with E-state index in [9.17, 15) is 4.79 Å². The highest BCUT2D eigenvalue weighted by Crippen LogP contribution is 2.19. The second-order valence-electron chi connectivity index (χ2n) is 4.23. The number of nitrogens with zero attached hydrogens (tertiary/aromatic N) is 4. The second-order valence-corrected chi connectivity index (χ2v) is 5.05. The summed E-state index contributed by atoms with van der Waals surface area (Å²) in [5.74, 6) is -0.0487. The van der Waals surface area contributed by atoms with E-state index in [-0.39, 0.29) is 5.78 Å². The zero-order chi connectivity index (χ0) is 14.8. The van der Waals surface area contributed by atoms with Crippen LogP contribution >= 0.6 is 11.8 Å². The first-order chi connectivity index (χ1) is 8.88. The van der Waals surface area contributed by atoms with Crippen molar-refractivity contribution in [3.05, 3.63) is 22.9 Å². The number of ketones is 1.